The van der Waals surface area contributed by atoms with E-state index in [1.54, 1.807) is 11.3 Å². The third-order valence-electron chi connectivity index (χ3n) is 4.53. The van der Waals surface area contributed by atoms with Gasteiger partial charge in [-0.05, 0) is 18.9 Å². The zero-order chi connectivity index (χ0) is 20.3. The van der Waals surface area contributed by atoms with E-state index in [0.717, 1.165) is 62.2 Å². The molecule has 0 spiro atoms. The third-order valence-corrected chi connectivity index (χ3v) is 5.73. The van der Waals surface area contributed by atoms with Crippen LogP contribution in [-0.4, -0.2) is 40.1 Å². The number of guanidine groups is 1. The number of imidazole rings is 1. The molecule has 0 saturated heterocycles. The summed E-state index contributed by atoms with van der Waals surface area (Å²) < 4.78 is 2.20. The highest BCUT2D eigenvalue weighted by molar-refractivity contribution is 14.0. The number of aliphatic imine (C=N–C) groups is 1. The molecule has 30 heavy (non-hydrogen) atoms. The Balaban J connectivity index is 0.00000320. The van der Waals surface area contributed by atoms with Gasteiger partial charge in [-0.1, -0.05) is 37.3 Å². The predicted octanol–water partition coefficient (Wildman–Crippen LogP) is 3.91. The molecule has 2 N–H and O–H groups in total. The van der Waals surface area contributed by atoms with Crippen molar-refractivity contribution in [3.63, 3.8) is 0 Å². The predicted molar refractivity (Wildman–Crippen MR) is 136 cm³/mol. The Morgan fingerprint density at radius 2 is 1.93 bits per heavy atom. The molecule has 2 aromatic heterocycles. The first-order valence-corrected chi connectivity index (χ1v) is 11.1. The van der Waals surface area contributed by atoms with Crippen LogP contribution >= 0.6 is 35.3 Å². The Morgan fingerprint density at radius 1 is 1.10 bits per heavy atom. The summed E-state index contributed by atoms with van der Waals surface area (Å²) >= 11 is 1.78. The van der Waals surface area contributed by atoms with Crippen molar-refractivity contribution in [3.05, 3.63) is 70.2 Å². The molecule has 2 heterocycles. The topological polar surface area (TPSA) is 67.1 Å². The molecule has 0 bridgehead atoms. The van der Waals surface area contributed by atoms with Gasteiger partial charge in [-0.15, -0.1) is 35.3 Å². The molecule has 8 heteroatoms. The van der Waals surface area contributed by atoms with E-state index < -0.39 is 0 Å². The first-order valence-electron chi connectivity index (χ1n) is 10.3. The number of nitrogens with zero attached hydrogens (tertiary/aromatic N) is 4. The first-order chi connectivity index (χ1) is 14.3. The summed E-state index contributed by atoms with van der Waals surface area (Å²) in [7, 11) is 0. The largest absolute Gasteiger partial charge is 0.357 e. The Labute approximate surface area is 200 Å². The summed E-state index contributed by atoms with van der Waals surface area (Å²) in [6.45, 7) is 7.44. The number of aryl methyl sites for hydroxylation is 1. The minimum absolute atomic E-state index is 0. The highest BCUT2D eigenvalue weighted by atomic mass is 127. The Morgan fingerprint density at radius 3 is 2.67 bits per heavy atom. The van der Waals surface area contributed by atoms with Gasteiger partial charge in [0.15, 0.2) is 5.96 Å². The van der Waals surface area contributed by atoms with Gasteiger partial charge in [0.25, 0.3) is 0 Å². The maximum Gasteiger partial charge on any atom is 0.191 e. The quantitative estimate of drug-likeness (QED) is 0.234. The van der Waals surface area contributed by atoms with E-state index in [1.807, 2.05) is 24.7 Å². The minimum atomic E-state index is 0. The summed E-state index contributed by atoms with van der Waals surface area (Å²) in [6, 6.07) is 10.5. The lowest BCUT2D eigenvalue weighted by atomic mass is 10.2. The molecule has 0 aliphatic heterocycles. The number of halogens is 1. The van der Waals surface area contributed by atoms with Gasteiger partial charge >= 0.3 is 0 Å². The third kappa shape index (κ3) is 7.71. The van der Waals surface area contributed by atoms with E-state index >= 15 is 0 Å². The monoisotopic (exact) mass is 538 g/mol. The van der Waals surface area contributed by atoms with Crippen LogP contribution in [0.2, 0.25) is 0 Å². The average Bonchev–Trinajstić information content (AvgIpc) is 3.38. The molecule has 0 atom stereocenters. The van der Waals surface area contributed by atoms with Crippen molar-refractivity contribution in [3.8, 4) is 0 Å². The van der Waals surface area contributed by atoms with Crippen LogP contribution in [0.15, 0.2) is 53.9 Å². The fraction of sp³-hybridized carbons (Fsp3) is 0.409. The normalized spacial score (nSPS) is 11.2. The number of hydrogen-bond acceptors (Lipinski definition) is 4. The lowest BCUT2D eigenvalue weighted by molar-refractivity contribution is 0.694. The van der Waals surface area contributed by atoms with Crippen LogP contribution < -0.4 is 10.6 Å². The van der Waals surface area contributed by atoms with Crippen molar-refractivity contribution in [1.29, 1.82) is 0 Å². The van der Waals surface area contributed by atoms with Crippen molar-refractivity contribution in [2.45, 2.75) is 39.7 Å². The van der Waals surface area contributed by atoms with Crippen LogP contribution in [0.1, 0.15) is 35.1 Å². The molecule has 1 aromatic carbocycles. The second-order valence-electron chi connectivity index (χ2n) is 6.72. The van der Waals surface area contributed by atoms with E-state index in [1.165, 1.54) is 10.4 Å². The lowest BCUT2D eigenvalue weighted by Gasteiger charge is -2.12. The van der Waals surface area contributed by atoms with Crippen molar-refractivity contribution in [1.82, 2.24) is 25.2 Å². The highest BCUT2D eigenvalue weighted by Crippen LogP contribution is 2.13. The summed E-state index contributed by atoms with van der Waals surface area (Å²) in [5, 5.41) is 7.89. The first kappa shape index (κ1) is 24.3. The molecule has 0 amide bonds. The van der Waals surface area contributed by atoms with Crippen LogP contribution in [0.25, 0.3) is 0 Å². The van der Waals surface area contributed by atoms with Crippen LogP contribution in [0.4, 0.5) is 0 Å². The Bertz CT molecular complexity index is 890. The number of benzene rings is 1. The zero-order valence-corrected chi connectivity index (χ0v) is 20.8. The molecule has 0 fully saturated rings. The van der Waals surface area contributed by atoms with E-state index in [9.17, 15) is 0 Å². The SMILES string of the molecule is CCNC(=NCCc1ncc(CC)s1)NCCc1nccn1Cc1ccccc1.I. The van der Waals surface area contributed by atoms with Gasteiger partial charge in [-0.3, -0.25) is 4.99 Å². The van der Waals surface area contributed by atoms with Gasteiger partial charge in [0.05, 0.1) is 5.01 Å². The molecular formula is C22H31IN6S. The minimum Gasteiger partial charge on any atom is -0.357 e. The molecule has 0 radical (unpaired) electrons. The maximum absolute atomic E-state index is 4.69. The van der Waals surface area contributed by atoms with Crippen LogP contribution in [-0.2, 0) is 25.8 Å². The van der Waals surface area contributed by atoms with E-state index in [2.05, 4.69) is 68.3 Å². The molecule has 6 nitrogen and oxygen atoms in total. The maximum atomic E-state index is 4.69. The smallest absolute Gasteiger partial charge is 0.191 e. The molecular weight excluding hydrogens is 507 g/mol. The standard InChI is InChI=1S/C22H30N6S.HI/c1-3-19-16-27-21(29-19)11-13-26-22(23-4-2)25-12-10-20-24-14-15-28(20)17-18-8-6-5-7-9-18;/h5-9,14-16H,3-4,10-13,17H2,1-2H3,(H2,23,25,26);1H. The van der Waals surface area contributed by atoms with E-state index in [0.29, 0.717) is 0 Å². The van der Waals surface area contributed by atoms with Gasteiger partial charge in [0, 0.05) is 62.5 Å². The van der Waals surface area contributed by atoms with Crippen LogP contribution in [0.3, 0.4) is 0 Å². The molecule has 0 unspecified atom stereocenters. The van der Waals surface area contributed by atoms with Crippen molar-refractivity contribution in [2.24, 2.45) is 4.99 Å². The Hall–Kier alpha value is -1.94. The number of thiazole rings is 1. The van der Waals surface area contributed by atoms with Crippen molar-refractivity contribution >= 4 is 41.3 Å². The van der Waals surface area contributed by atoms with Gasteiger partial charge in [0.1, 0.15) is 5.82 Å². The highest BCUT2D eigenvalue weighted by Gasteiger charge is 2.05. The zero-order valence-electron chi connectivity index (χ0n) is 17.7. The summed E-state index contributed by atoms with van der Waals surface area (Å²) in [5.41, 5.74) is 1.28. The summed E-state index contributed by atoms with van der Waals surface area (Å²) in [5.74, 6) is 1.92. The molecule has 3 aromatic rings. The molecule has 0 aliphatic carbocycles. The second-order valence-corrected chi connectivity index (χ2v) is 7.92. The molecule has 162 valence electrons. The Kier molecular flexibility index (Phi) is 10.9. The summed E-state index contributed by atoms with van der Waals surface area (Å²) in [4.78, 5) is 15.0. The number of rotatable bonds is 10. The number of hydrogen-bond donors (Lipinski definition) is 2. The van der Waals surface area contributed by atoms with Crippen molar-refractivity contribution in [2.75, 3.05) is 19.6 Å². The fourth-order valence-corrected chi connectivity index (χ4v) is 3.87. The van der Waals surface area contributed by atoms with Gasteiger partial charge in [-0.25, -0.2) is 9.97 Å². The molecule has 0 aliphatic rings. The van der Waals surface area contributed by atoms with Crippen LogP contribution in [0.5, 0.6) is 0 Å². The number of aromatic nitrogens is 3. The van der Waals surface area contributed by atoms with Gasteiger partial charge < -0.3 is 15.2 Å². The van der Waals surface area contributed by atoms with Crippen LogP contribution in [0, 0.1) is 0 Å². The van der Waals surface area contributed by atoms with Gasteiger partial charge in [-0.2, -0.15) is 0 Å². The second kappa shape index (κ2) is 13.4. The van der Waals surface area contributed by atoms with E-state index in [-0.39, 0.29) is 24.0 Å². The molecule has 0 saturated carbocycles. The summed E-state index contributed by atoms with van der Waals surface area (Å²) in [6.07, 6.45) is 8.66. The fourth-order valence-electron chi connectivity index (χ4n) is 3.02. The molecule has 3 rings (SSSR count). The van der Waals surface area contributed by atoms with Gasteiger partial charge in [0.2, 0.25) is 0 Å². The van der Waals surface area contributed by atoms with Crippen molar-refractivity contribution < 1.29 is 0 Å². The lowest BCUT2D eigenvalue weighted by Crippen LogP contribution is -2.38. The average molecular weight is 539 g/mol. The van der Waals surface area contributed by atoms with E-state index in [4.69, 9.17) is 0 Å². The number of nitrogens with one attached hydrogen (secondary N) is 2.